The average Bonchev–Trinajstić information content (AvgIpc) is 2.96. The molecule has 1 aromatic rings. The van der Waals surface area contributed by atoms with E-state index >= 15 is 0 Å². The van der Waals surface area contributed by atoms with Crippen LogP contribution in [-0.4, -0.2) is 42.6 Å². The molecular formula is C14H24N4O3S. The number of aromatic nitrogens is 2. The Labute approximate surface area is 131 Å². The quantitative estimate of drug-likeness (QED) is 0.842. The number of H-pyrrole nitrogens is 1. The van der Waals surface area contributed by atoms with E-state index in [-0.39, 0.29) is 6.54 Å². The predicted octanol–water partition coefficient (Wildman–Crippen LogP) is 0.939. The molecule has 124 valence electrons. The molecule has 7 nitrogen and oxygen atoms in total. The molecule has 8 heteroatoms. The molecule has 22 heavy (non-hydrogen) atoms. The van der Waals surface area contributed by atoms with Crippen molar-refractivity contribution in [2.75, 3.05) is 19.7 Å². The zero-order valence-corrected chi connectivity index (χ0v) is 13.8. The molecule has 0 aromatic carbocycles. The Morgan fingerprint density at radius 1 is 1.41 bits per heavy atom. The van der Waals surface area contributed by atoms with E-state index in [4.69, 9.17) is 4.74 Å². The summed E-state index contributed by atoms with van der Waals surface area (Å²) in [6.07, 6.45) is 3.83. The van der Waals surface area contributed by atoms with Gasteiger partial charge in [0.05, 0.1) is 25.5 Å². The van der Waals surface area contributed by atoms with Gasteiger partial charge in [0.2, 0.25) is 0 Å². The molecule has 0 amide bonds. The Morgan fingerprint density at radius 3 is 2.91 bits per heavy atom. The second-order valence-corrected chi connectivity index (χ2v) is 7.76. The molecular weight excluding hydrogens is 304 g/mol. The molecule has 2 N–H and O–H groups in total. The van der Waals surface area contributed by atoms with Crippen LogP contribution in [0.5, 0.6) is 0 Å². The summed E-state index contributed by atoms with van der Waals surface area (Å²) >= 11 is 0. The monoisotopic (exact) mass is 328 g/mol. The van der Waals surface area contributed by atoms with E-state index in [0.717, 1.165) is 42.6 Å². The molecule has 0 saturated carbocycles. The van der Waals surface area contributed by atoms with Gasteiger partial charge < -0.3 is 4.74 Å². The number of fused-ring (bicyclic) bond motifs is 1. The van der Waals surface area contributed by atoms with Crippen molar-refractivity contribution in [2.45, 2.75) is 45.8 Å². The highest BCUT2D eigenvalue weighted by Gasteiger charge is 2.27. The van der Waals surface area contributed by atoms with Crippen molar-refractivity contribution in [2.24, 2.45) is 5.92 Å². The van der Waals surface area contributed by atoms with Crippen molar-refractivity contribution in [3.63, 3.8) is 0 Å². The van der Waals surface area contributed by atoms with Crippen LogP contribution in [-0.2, 0) is 34.5 Å². The minimum atomic E-state index is -3.43. The van der Waals surface area contributed by atoms with E-state index in [1.165, 1.54) is 0 Å². The fourth-order valence-electron chi connectivity index (χ4n) is 3.12. The van der Waals surface area contributed by atoms with Gasteiger partial charge in [-0.15, -0.1) is 0 Å². The Hall–Kier alpha value is -0.960. The van der Waals surface area contributed by atoms with Gasteiger partial charge in [0, 0.05) is 30.8 Å². The lowest BCUT2D eigenvalue weighted by Crippen LogP contribution is -2.44. The number of hydrogen-bond donors (Lipinski definition) is 2. The zero-order valence-electron chi connectivity index (χ0n) is 13.0. The SMILES string of the molecule is CCC1CCN(S(=O)(=O)NCc2n[nH]c3c2COCC3)CC1. The van der Waals surface area contributed by atoms with Crippen LogP contribution in [0, 0.1) is 5.92 Å². The highest BCUT2D eigenvalue weighted by atomic mass is 32.2. The van der Waals surface area contributed by atoms with E-state index in [1.54, 1.807) is 4.31 Å². The Balaban J connectivity index is 1.60. The minimum Gasteiger partial charge on any atom is -0.376 e. The molecule has 3 rings (SSSR count). The van der Waals surface area contributed by atoms with Gasteiger partial charge in [-0.1, -0.05) is 13.3 Å². The van der Waals surface area contributed by atoms with Crippen LogP contribution in [0.2, 0.25) is 0 Å². The molecule has 0 unspecified atom stereocenters. The van der Waals surface area contributed by atoms with E-state index < -0.39 is 10.2 Å². The molecule has 0 atom stereocenters. The first-order valence-corrected chi connectivity index (χ1v) is 9.41. The van der Waals surface area contributed by atoms with E-state index in [9.17, 15) is 8.42 Å². The fourth-order valence-corrected chi connectivity index (χ4v) is 4.32. The van der Waals surface area contributed by atoms with Crippen molar-refractivity contribution in [3.05, 3.63) is 17.0 Å². The summed E-state index contributed by atoms with van der Waals surface area (Å²) in [5, 5.41) is 7.20. The largest absolute Gasteiger partial charge is 0.376 e. The molecule has 1 fully saturated rings. The van der Waals surface area contributed by atoms with Crippen molar-refractivity contribution in [1.82, 2.24) is 19.2 Å². The van der Waals surface area contributed by atoms with Gasteiger partial charge >= 0.3 is 0 Å². The first kappa shape index (κ1) is 15.9. The molecule has 0 bridgehead atoms. The minimum absolute atomic E-state index is 0.214. The molecule has 2 aliphatic rings. The van der Waals surface area contributed by atoms with E-state index in [1.807, 2.05) is 0 Å². The number of piperidine rings is 1. The number of rotatable bonds is 5. The maximum atomic E-state index is 12.4. The molecule has 0 spiro atoms. The molecule has 3 heterocycles. The summed E-state index contributed by atoms with van der Waals surface area (Å²) in [6.45, 7) is 4.78. The van der Waals surface area contributed by atoms with Crippen LogP contribution in [0.3, 0.4) is 0 Å². The van der Waals surface area contributed by atoms with Crippen molar-refractivity contribution in [3.8, 4) is 0 Å². The Morgan fingerprint density at radius 2 is 2.18 bits per heavy atom. The summed E-state index contributed by atoms with van der Waals surface area (Å²) < 4.78 is 34.4. The lowest BCUT2D eigenvalue weighted by molar-refractivity contribution is 0.109. The second-order valence-electron chi connectivity index (χ2n) is 6.01. The lowest BCUT2D eigenvalue weighted by Gasteiger charge is -2.30. The number of hydrogen-bond acceptors (Lipinski definition) is 4. The summed E-state index contributed by atoms with van der Waals surface area (Å²) in [6, 6.07) is 0. The fraction of sp³-hybridized carbons (Fsp3) is 0.786. The maximum absolute atomic E-state index is 12.4. The Kier molecular flexibility index (Phi) is 4.82. The molecule has 0 aliphatic carbocycles. The van der Waals surface area contributed by atoms with Gasteiger partial charge in [0.1, 0.15) is 0 Å². The first-order chi connectivity index (χ1) is 10.6. The second kappa shape index (κ2) is 6.66. The third-order valence-electron chi connectivity index (χ3n) is 4.69. The van der Waals surface area contributed by atoms with Crippen molar-refractivity contribution >= 4 is 10.2 Å². The van der Waals surface area contributed by atoms with Crippen molar-refractivity contribution in [1.29, 1.82) is 0 Å². The number of nitrogens with one attached hydrogen (secondary N) is 2. The van der Waals surface area contributed by atoms with Crippen molar-refractivity contribution < 1.29 is 13.2 Å². The van der Waals surface area contributed by atoms with Crippen LogP contribution < -0.4 is 4.72 Å². The lowest BCUT2D eigenvalue weighted by atomic mass is 9.96. The maximum Gasteiger partial charge on any atom is 0.279 e. The van der Waals surface area contributed by atoms with Crippen LogP contribution in [0.25, 0.3) is 0 Å². The number of aromatic amines is 1. The van der Waals surface area contributed by atoms with Gasteiger partial charge in [-0.25, -0.2) is 0 Å². The van der Waals surface area contributed by atoms with Gasteiger partial charge in [-0.05, 0) is 18.8 Å². The Bertz CT molecular complexity index is 606. The molecule has 2 aliphatic heterocycles. The van der Waals surface area contributed by atoms with Crippen LogP contribution >= 0.6 is 0 Å². The number of nitrogens with zero attached hydrogens (tertiary/aromatic N) is 2. The molecule has 1 aromatic heterocycles. The van der Waals surface area contributed by atoms with E-state index in [2.05, 4.69) is 21.8 Å². The summed E-state index contributed by atoms with van der Waals surface area (Å²) in [5.41, 5.74) is 2.80. The summed E-state index contributed by atoms with van der Waals surface area (Å²) in [5.74, 6) is 0.655. The normalized spacial score (nSPS) is 21.0. The first-order valence-electron chi connectivity index (χ1n) is 7.97. The average molecular weight is 328 g/mol. The predicted molar refractivity (Wildman–Crippen MR) is 82.3 cm³/mol. The third kappa shape index (κ3) is 3.34. The molecule has 1 saturated heterocycles. The molecule has 0 radical (unpaired) electrons. The van der Waals surface area contributed by atoms with E-state index in [0.29, 0.717) is 32.2 Å². The standard InChI is InChI=1S/C14H24N4O3S/c1-2-11-3-6-18(7-4-11)22(19,20)15-9-14-12-10-21-8-5-13(12)16-17-14/h11,15H,2-10H2,1H3,(H,16,17). The topological polar surface area (TPSA) is 87.3 Å². The number of ether oxygens (including phenoxy) is 1. The van der Waals surface area contributed by atoms with Crippen LogP contribution in [0.15, 0.2) is 0 Å². The van der Waals surface area contributed by atoms with Gasteiger partial charge in [-0.2, -0.15) is 22.5 Å². The van der Waals surface area contributed by atoms with Gasteiger partial charge in [0.15, 0.2) is 0 Å². The zero-order chi connectivity index (χ0) is 15.6. The third-order valence-corrected chi connectivity index (χ3v) is 6.25. The highest BCUT2D eigenvalue weighted by Crippen LogP contribution is 2.22. The highest BCUT2D eigenvalue weighted by molar-refractivity contribution is 7.87. The van der Waals surface area contributed by atoms with Gasteiger partial charge in [0.25, 0.3) is 10.2 Å². The summed E-state index contributed by atoms with van der Waals surface area (Å²) in [4.78, 5) is 0. The summed E-state index contributed by atoms with van der Waals surface area (Å²) in [7, 11) is -3.43. The van der Waals surface area contributed by atoms with Crippen LogP contribution in [0.4, 0.5) is 0 Å². The smallest absolute Gasteiger partial charge is 0.279 e. The van der Waals surface area contributed by atoms with Crippen LogP contribution in [0.1, 0.15) is 43.1 Å². The van der Waals surface area contributed by atoms with Gasteiger partial charge in [-0.3, -0.25) is 5.10 Å².